The average Bonchev–Trinajstić information content (AvgIpc) is 3.33. The highest BCUT2D eigenvalue weighted by molar-refractivity contribution is 7.09. The van der Waals surface area contributed by atoms with Gasteiger partial charge in [-0.1, -0.05) is 38.1 Å². The van der Waals surface area contributed by atoms with Crippen molar-refractivity contribution in [3.8, 4) is 17.2 Å². The lowest BCUT2D eigenvalue weighted by Crippen LogP contribution is -2.28. The summed E-state index contributed by atoms with van der Waals surface area (Å²) in [4.78, 5) is 28.9. The lowest BCUT2D eigenvalue weighted by Gasteiger charge is -2.12. The Morgan fingerprint density at radius 3 is 2.44 bits per heavy atom. The van der Waals surface area contributed by atoms with Crippen LogP contribution in [-0.2, 0) is 17.9 Å². The van der Waals surface area contributed by atoms with Gasteiger partial charge in [-0.2, -0.15) is 0 Å². The van der Waals surface area contributed by atoms with E-state index in [0.717, 1.165) is 5.56 Å². The lowest BCUT2D eigenvalue weighted by atomic mass is 10.0. The van der Waals surface area contributed by atoms with Crippen LogP contribution in [0.3, 0.4) is 0 Å². The molecule has 0 atom stereocenters. The van der Waals surface area contributed by atoms with Gasteiger partial charge in [0.15, 0.2) is 18.1 Å². The standard InChI is InChI=1S/C25H29N3O5S/c1-16(2)17-8-10-19(11-9-17)33-14-22(29)26-13-23-28-20(15-34-23)25(30)27-12-18-6-5-7-21(31-3)24(18)32-4/h5-11,15-16H,12-14H2,1-4H3,(H,26,29)(H,27,30). The maximum atomic E-state index is 12.5. The normalized spacial score (nSPS) is 10.6. The number of hydrogen-bond acceptors (Lipinski definition) is 7. The number of thiazole rings is 1. The first-order chi connectivity index (χ1) is 16.4. The summed E-state index contributed by atoms with van der Waals surface area (Å²) < 4.78 is 16.2. The zero-order valence-corrected chi connectivity index (χ0v) is 20.5. The van der Waals surface area contributed by atoms with Crippen LogP contribution in [0.5, 0.6) is 17.2 Å². The highest BCUT2D eigenvalue weighted by Gasteiger charge is 2.14. The molecule has 0 fully saturated rings. The molecule has 3 rings (SSSR count). The van der Waals surface area contributed by atoms with Crippen LogP contribution >= 0.6 is 11.3 Å². The second-order valence-corrected chi connectivity index (χ2v) is 8.69. The summed E-state index contributed by atoms with van der Waals surface area (Å²) in [6, 6.07) is 13.2. The number of carbonyl (C=O) groups is 2. The molecule has 0 aliphatic rings. The van der Waals surface area contributed by atoms with E-state index in [0.29, 0.717) is 28.2 Å². The lowest BCUT2D eigenvalue weighted by molar-refractivity contribution is -0.123. The Balaban J connectivity index is 1.45. The van der Waals surface area contributed by atoms with E-state index >= 15 is 0 Å². The predicted molar refractivity (Wildman–Crippen MR) is 131 cm³/mol. The second-order valence-electron chi connectivity index (χ2n) is 7.75. The Labute approximate surface area is 203 Å². The molecule has 2 amide bonds. The Morgan fingerprint density at radius 1 is 1.00 bits per heavy atom. The molecule has 0 aliphatic carbocycles. The van der Waals surface area contributed by atoms with E-state index in [2.05, 4.69) is 29.5 Å². The first-order valence-electron chi connectivity index (χ1n) is 10.8. The van der Waals surface area contributed by atoms with Gasteiger partial charge in [0.05, 0.1) is 20.8 Å². The number of carbonyl (C=O) groups excluding carboxylic acids is 2. The molecule has 0 aliphatic heterocycles. The molecule has 1 aromatic heterocycles. The van der Waals surface area contributed by atoms with Crippen molar-refractivity contribution in [2.24, 2.45) is 0 Å². The first-order valence-corrected chi connectivity index (χ1v) is 11.7. The van der Waals surface area contributed by atoms with Gasteiger partial charge in [-0.3, -0.25) is 9.59 Å². The number of ether oxygens (including phenoxy) is 3. The average molecular weight is 484 g/mol. The molecular formula is C25H29N3O5S. The number of amides is 2. The Hall–Kier alpha value is -3.59. The topological polar surface area (TPSA) is 98.8 Å². The molecule has 1 heterocycles. The summed E-state index contributed by atoms with van der Waals surface area (Å²) in [5.74, 6) is 1.67. The maximum absolute atomic E-state index is 12.5. The quantitative estimate of drug-likeness (QED) is 0.429. The molecule has 0 unspecified atom stereocenters. The third-order valence-corrected chi connectivity index (χ3v) is 5.91. The van der Waals surface area contributed by atoms with Crippen LogP contribution in [-0.4, -0.2) is 37.6 Å². The van der Waals surface area contributed by atoms with E-state index in [1.54, 1.807) is 25.7 Å². The number of nitrogens with one attached hydrogen (secondary N) is 2. The molecule has 2 N–H and O–H groups in total. The Bertz CT molecular complexity index is 1110. The molecule has 0 bridgehead atoms. The summed E-state index contributed by atoms with van der Waals surface area (Å²) in [5, 5.41) is 7.87. The molecule has 0 saturated carbocycles. The highest BCUT2D eigenvalue weighted by Crippen LogP contribution is 2.30. The van der Waals surface area contributed by atoms with Gasteiger partial charge >= 0.3 is 0 Å². The summed E-state index contributed by atoms with van der Waals surface area (Å²) in [6.45, 7) is 4.63. The fourth-order valence-electron chi connectivity index (χ4n) is 3.18. The van der Waals surface area contributed by atoms with Gasteiger partial charge in [0.25, 0.3) is 11.8 Å². The fraction of sp³-hybridized carbons (Fsp3) is 0.320. The molecule has 0 spiro atoms. The van der Waals surface area contributed by atoms with Crippen molar-refractivity contribution in [1.29, 1.82) is 0 Å². The summed E-state index contributed by atoms with van der Waals surface area (Å²) in [5.41, 5.74) is 2.29. The third kappa shape index (κ3) is 6.71. The van der Waals surface area contributed by atoms with E-state index in [4.69, 9.17) is 14.2 Å². The van der Waals surface area contributed by atoms with Crippen LogP contribution in [0.4, 0.5) is 0 Å². The Morgan fingerprint density at radius 2 is 1.76 bits per heavy atom. The van der Waals surface area contributed by atoms with Crippen LogP contribution in [0.15, 0.2) is 47.8 Å². The van der Waals surface area contributed by atoms with E-state index < -0.39 is 0 Å². The predicted octanol–water partition coefficient (Wildman–Crippen LogP) is 3.91. The Kier molecular flexibility index (Phi) is 8.86. The fourth-order valence-corrected chi connectivity index (χ4v) is 3.89. The molecule has 3 aromatic rings. The van der Waals surface area contributed by atoms with E-state index in [9.17, 15) is 9.59 Å². The molecular weight excluding hydrogens is 454 g/mol. The molecule has 180 valence electrons. The number of rotatable bonds is 11. The van der Waals surface area contributed by atoms with Crippen molar-refractivity contribution >= 4 is 23.2 Å². The van der Waals surface area contributed by atoms with Crippen molar-refractivity contribution in [1.82, 2.24) is 15.6 Å². The van der Waals surface area contributed by atoms with Crippen molar-refractivity contribution < 1.29 is 23.8 Å². The van der Waals surface area contributed by atoms with Gasteiger partial charge in [0.2, 0.25) is 0 Å². The van der Waals surface area contributed by atoms with Gasteiger partial charge in [-0.05, 0) is 29.7 Å². The van der Waals surface area contributed by atoms with Gasteiger partial charge < -0.3 is 24.8 Å². The molecule has 8 nitrogen and oxygen atoms in total. The monoisotopic (exact) mass is 483 g/mol. The maximum Gasteiger partial charge on any atom is 0.271 e. The van der Waals surface area contributed by atoms with Gasteiger partial charge in [0.1, 0.15) is 16.5 Å². The largest absolute Gasteiger partial charge is 0.493 e. The molecule has 34 heavy (non-hydrogen) atoms. The minimum atomic E-state index is -0.313. The number of aromatic nitrogens is 1. The number of hydrogen-bond donors (Lipinski definition) is 2. The first kappa shape index (κ1) is 25.0. The van der Waals surface area contributed by atoms with E-state index in [1.807, 2.05) is 36.4 Å². The molecule has 0 radical (unpaired) electrons. The number of methoxy groups -OCH3 is 2. The van der Waals surface area contributed by atoms with Crippen LogP contribution in [0, 0.1) is 0 Å². The summed E-state index contributed by atoms with van der Waals surface area (Å²) >= 11 is 1.30. The van der Waals surface area contributed by atoms with Crippen molar-refractivity contribution in [2.75, 3.05) is 20.8 Å². The highest BCUT2D eigenvalue weighted by atomic mass is 32.1. The van der Waals surface area contributed by atoms with Crippen molar-refractivity contribution in [3.05, 3.63) is 69.7 Å². The van der Waals surface area contributed by atoms with Crippen LogP contribution in [0.1, 0.15) is 46.4 Å². The van der Waals surface area contributed by atoms with Crippen LogP contribution in [0.25, 0.3) is 0 Å². The van der Waals surface area contributed by atoms with Gasteiger partial charge in [-0.15, -0.1) is 11.3 Å². The number of nitrogens with zero attached hydrogens (tertiary/aromatic N) is 1. The summed E-state index contributed by atoms with van der Waals surface area (Å²) in [6.07, 6.45) is 0. The van der Waals surface area contributed by atoms with Crippen LogP contribution < -0.4 is 24.8 Å². The molecule has 0 saturated heterocycles. The van der Waals surface area contributed by atoms with Crippen LogP contribution in [0.2, 0.25) is 0 Å². The minimum absolute atomic E-state index is 0.0951. The molecule has 2 aromatic carbocycles. The minimum Gasteiger partial charge on any atom is -0.493 e. The second kappa shape index (κ2) is 12.0. The molecule has 9 heteroatoms. The third-order valence-electron chi connectivity index (χ3n) is 5.06. The van der Waals surface area contributed by atoms with Gasteiger partial charge in [-0.25, -0.2) is 4.98 Å². The number of para-hydroxylation sites is 1. The smallest absolute Gasteiger partial charge is 0.271 e. The van der Waals surface area contributed by atoms with E-state index in [-0.39, 0.29) is 37.2 Å². The number of benzene rings is 2. The SMILES string of the molecule is COc1cccc(CNC(=O)c2csc(CNC(=O)COc3ccc(C(C)C)cc3)n2)c1OC. The van der Waals surface area contributed by atoms with Crippen molar-refractivity contribution in [3.63, 3.8) is 0 Å². The van der Waals surface area contributed by atoms with E-state index in [1.165, 1.54) is 16.9 Å². The summed E-state index contributed by atoms with van der Waals surface area (Å²) in [7, 11) is 3.11. The zero-order chi connectivity index (χ0) is 24.5. The van der Waals surface area contributed by atoms with Crippen molar-refractivity contribution in [2.45, 2.75) is 32.9 Å². The zero-order valence-electron chi connectivity index (χ0n) is 19.7. The van der Waals surface area contributed by atoms with Gasteiger partial charge in [0, 0.05) is 17.5 Å².